The summed E-state index contributed by atoms with van der Waals surface area (Å²) in [6.07, 6.45) is 1.63. The van der Waals surface area contributed by atoms with E-state index in [9.17, 15) is 9.59 Å². The van der Waals surface area contributed by atoms with Gasteiger partial charge in [-0.15, -0.1) is 11.3 Å². The van der Waals surface area contributed by atoms with Gasteiger partial charge in [0.25, 0.3) is 11.8 Å². The lowest BCUT2D eigenvalue weighted by Gasteiger charge is -2.05. The quantitative estimate of drug-likeness (QED) is 0.452. The fraction of sp³-hybridized carbons (Fsp3) is 0.100. The second-order valence-corrected chi connectivity index (χ2v) is 7.11. The van der Waals surface area contributed by atoms with Crippen LogP contribution in [-0.4, -0.2) is 31.8 Å². The van der Waals surface area contributed by atoms with Gasteiger partial charge in [0, 0.05) is 18.4 Å². The molecule has 0 aliphatic carbocycles. The number of amides is 2. The molecule has 0 bridgehead atoms. The van der Waals surface area contributed by atoms with E-state index in [1.54, 1.807) is 40.4 Å². The van der Waals surface area contributed by atoms with E-state index in [1.807, 2.05) is 42.6 Å². The van der Waals surface area contributed by atoms with Gasteiger partial charge in [0.15, 0.2) is 11.4 Å². The first-order chi connectivity index (χ1) is 14.1. The molecule has 8 nitrogen and oxygen atoms in total. The Bertz CT molecular complexity index is 1130. The highest BCUT2D eigenvalue weighted by Crippen LogP contribution is 2.23. The van der Waals surface area contributed by atoms with Crippen LogP contribution >= 0.6 is 11.3 Å². The molecule has 0 aliphatic heterocycles. The number of anilines is 2. The maximum Gasteiger partial charge on any atom is 0.278 e. The number of nitrogens with zero attached hydrogens (tertiary/aromatic N) is 3. The minimum absolute atomic E-state index is 0.137. The number of benzene rings is 1. The Morgan fingerprint density at radius 2 is 1.93 bits per heavy atom. The Kier molecular flexibility index (Phi) is 5.21. The van der Waals surface area contributed by atoms with Crippen LogP contribution in [0.25, 0.3) is 10.6 Å². The van der Waals surface area contributed by atoms with E-state index in [2.05, 4.69) is 25.9 Å². The highest BCUT2D eigenvalue weighted by Gasteiger charge is 2.20. The predicted molar refractivity (Wildman–Crippen MR) is 112 cm³/mol. The summed E-state index contributed by atoms with van der Waals surface area (Å²) in [6, 6.07) is 14.6. The van der Waals surface area contributed by atoms with Crippen molar-refractivity contribution >= 4 is 34.5 Å². The lowest BCUT2D eigenvalue weighted by molar-refractivity contribution is 0.102. The maximum atomic E-state index is 12.7. The van der Waals surface area contributed by atoms with Crippen molar-refractivity contribution in [2.45, 2.75) is 13.5 Å². The molecule has 0 atom stereocenters. The van der Waals surface area contributed by atoms with Crippen LogP contribution in [0.2, 0.25) is 0 Å². The summed E-state index contributed by atoms with van der Waals surface area (Å²) in [5.41, 5.74) is 2.10. The number of thiophene rings is 1. The number of rotatable bonds is 6. The standard InChI is InChI=1S/C20H18N6O2S/c1-2-26-12-16(18(25-26)20(28)21-13-7-4-3-5-8-13)22-19(27)15-11-14(23-24-15)17-9-6-10-29-17/h3-12H,2H2,1H3,(H,21,28)(H,22,27)(H,23,24). The molecule has 0 unspecified atom stereocenters. The summed E-state index contributed by atoms with van der Waals surface area (Å²) < 4.78 is 1.59. The average Bonchev–Trinajstić information content (AvgIpc) is 3.48. The number of aryl methyl sites for hydroxylation is 1. The van der Waals surface area contributed by atoms with E-state index >= 15 is 0 Å². The summed E-state index contributed by atoms with van der Waals surface area (Å²) in [5, 5.41) is 18.7. The molecule has 29 heavy (non-hydrogen) atoms. The van der Waals surface area contributed by atoms with Crippen molar-refractivity contribution in [3.63, 3.8) is 0 Å². The minimum Gasteiger partial charge on any atom is -0.321 e. The topological polar surface area (TPSA) is 105 Å². The summed E-state index contributed by atoms with van der Waals surface area (Å²) in [4.78, 5) is 26.3. The third-order valence-electron chi connectivity index (χ3n) is 4.18. The van der Waals surface area contributed by atoms with Crippen molar-refractivity contribution in [2.24, 2.45) is 0 Å². The largest absolute Gasteiger partial charge is 0.321 e. The van der Waals surface area contributed by atoms with Crippen LogP contribution in [0.4, 0.5) is 11.4 Å². The third-order valence-corrected chi connectivity index (χ3v) is 5.08. The summed E-state index contributed by atoms with van der Waals surface area (Å²) in [6.45, 7) is 2.46. The molecular formula is C20H18N6O2S. The first-order valence-corrected chi connectivity index (χ1v) is 9.86. The Balaban J connectivity index is 1.54. The molecule has 0 saturated heterocycles. The normalized spacial score (nSPS) is 10.7. The van der Waals surface area contributed by atoms with Gasteiger partial charge >= 0.3 is 0 Å². The van der Waals surface area contributed by atoms with Crippen molar-refractivity contribution in [3.8, 4) is 10.6 Å². The van der Waals surface area contributed by atoms with Crippen LogP contribution in [0.1, 0.15) is 27.9 Å². The van der Waals surface area contributed by atoms with Gasteiger partial charge in [-0.05, 0) is 36.6 Å². The molecule has 0 saturated carbocycles. The highest BCUT2D eigenvalue weighted by atomic mass is 32.1. The molecule has 0 aliphatic rings. The van der Waals surface area contributed by atoms with Crippen molar-refractivity contribution in [1.82, 2.24) is 20.0 Å². The van der Waals surface area contributed by atoms with Gasteiger partial charge in [-0.3, -0.25) is 19.4 Å². The van der Waals surface area contributed by atoms with E-state index in [0.29, 0.717) is 17.9 Å². The van der Waals surface area contributed by atoms with Gasteiger partial charge in [-0.2, -0.15) is 10.2 Å². The Hall–Kier alpha value is -3.72. The van der Waals surface area contributed by atoms with E-state index in [-0.39, 0.29) is 11.4 Å². The molecule has 3 N–H and O–H groups in total. The lowest BCUT2D eigenvalue weighted by Crippen LogP contribution is -2.18. The van der Waals surface area contributed by atoms with Gasteiger partial charge in [0.1, 0.15) is 0 Å². The number of hydrogen-bond donors (Lipinski definition) is 3. The number of para-hydroxylation sites is 1. The molecule has 9 heteroatoms. The fourth-order valence-electron chi connectivity index (χ4n) is 2.74. The minimum atomic E-state index is -0.423. The zero-order valence-electron chi connectivity index (χ0n) is 15.5. The third kappa shape index (κ3) is 4.09. The SMILES string of the molecule is CCn1cc(NC(=O)c2cc(-c3cccs3)[nH]n2)c(C(=O)Nc2ccccc2)n1. The van der Waals surface area contributed by atoms with Gasteiger partial charge in [-0.25, -0.2) is 0 Å². The maximum absolute atomic E-state index is 12.7. The molecule has 1 aromatic carbocycles. The first kappa shape index (κ1) is 18.6. The molecule has 4 rings (SSSR count). The van der Waals surface area contributed by atoms with Crippen LogP contribution < -0.4 is 10.6 Å². The van der Waals surface area contributed by atoms with Crippen molar-refractivity contribution in [1.29, 1.82) is 0 Å². The molecule has 0 spiro atoms. The smallest absolute Gasteiger partial charge is 0.278 e. The number of carbonyl (C=O) groups is 2. The molecule has 0 radical (unpaired) electrons. The molecule has 4 aromatic rings. The number of nitrogens with one attached hydrogen (secondary N) is 3. The van der Waals surface area contributed by atoms with Gasteiger partial charge in [0.05, 0.1) is 16.3 Å². The Morgan fingerprint density at radius 3 is 2.66 bits per heavy atom. The second kappa shape index (κ2) is 8.11. The monoisotopic (exact) mass is 406 g/mol. The van der Waals surface area contributed by atoms with Gasteiger partial charge in [0.2, 0.25) is 0 Å². The fourth-order valence-corrected chi connectivity index (χ4v) is 3.43. The van der Waals surface area contributed by atoms with Gasteiger partial charge in [-0.1, -0.05) is 24.3 Å². The second-order valence-electron chi connectivity index (χ2n) is 6.17. The van der Waals surface area contributed by atoms with E-state index < -0.39 is 11.8 Å². The van der Waals surface area contributed by atoms with E-state index in [0.717, 1.165) is 10.6 Å². The van der Waals surface area contributed by atoms with E-state index in [1.165, 1.54) is 0 Å². The lowest BCUT2D eigenvalue weighted by atomic mass is 10.2. The molecular weight excluding hydrogens is 388 g/mol. The van der Waals surface area contributed by atoms with Crippen LogP contribution in [0, 0.1) is 0 Å². The van der Waals surface area contributed by atoms with Crippen molar-refractivity contribution < 1.29 is 9.59 Å². The zero-order chi connectivity index (χ0) is 20.2. The predicted octanol–water partition coefficient (Wildman–Crippen LogP) is 3.86. The number of aromatic nitrogens is 4. The molecule has 146 valence electrons. The van der Waals surface area contributed by atoms with Crippen LogP contribution in [0.3, 0.4) is 0 Å². The van der Waals surface area contributed by atoms with Gasteiger partial charge < -0.3 is 10.6 Å². The Labute approximate surface area is 170 Å². The zero-order valence-corrected chi connectivity index (χ0v) is 16.4. The van der Waals surface area contributed by atoms with Crippen LogP contribution in [0.15, 0.2) is 60.1 Å². The molecule has 2 amide bonds. The van der Waals surface area contributed by atoms with Crippen LogP contribution in [0.5, 0.6) is 0 Å². The number of H-pyrrole nitrogens is 1. The summed E-state index contributed by atoms with van der Waals surface area (Å²) in [7, 11) is 0. The van der Waals surface area contributed by atoms with Crippen LogP contribution in [-0.2, 0) is 6.54 Å². The molecule has 0 fully saturated rings. The number of carbonyl (C=O) groups excluding carboxylic acids is 2. The summed E-state index contributed by atoms with van der Waals surface area (Å²) in [5.74, 6) is -0.825. The number of hydrogen-bond acceptors (Lipinski definition) is 5. The van der Waals surface area contributed by atoms with Crippen molar-refractivity contribution in [2.75, 3.05) is 10.6 Å². The van der Waals surface area contributed by atoms with Crippen molar-refractivity contribution in [3.05, 3.63) is 71.5 Å². The average molecular weight is 406 g/mol. The number of aromatic amines is 1. The Morgan fingerprint density at radius 1 is 1.10 bits per heavy atom. The highest BCUT2D eigenvalue weighted by molar-refractivity contribution is 7.13. The molecule has 3 heterocycles. The summed E-state index contributed by atoms with van der Waals surface area (Å²) >= 11 is 1.55. The first-order valence-electron chi connectivity index (χ1n) is 8.98. The van der Waals surface area contributed by atoms with E-state index in [4.69, 9.17) is 0 Å². The molecule has 3 aromatic heterocycles.